The summed E-state index contributed by atoms with van der Waals surface area (Å²) in [5, 5.41) is 9.96. The fourth-order valence-electron chi connectivity index (χ4n) is 3.25. The number of rotatable bonds is 3. The van der Waals surface area contributed by atoms with E-state index < -0.39 is 6.04 Å². The SMILES string of the molecule is O=C(C[C@@H]1N[C@H]2CCCC[C@@H]2NC1=O)Nc1ccc(Cl)cc1Cl. The van der Waals surface area contributed by atoms with Crippen LogP contribution in [-0.4, -0.2) is 29.9 Å². The van der Waals surface area contributed by atoms with Crippen molar-refractivity contribution in [2.75, 3.05) is 5.32 Å². The summed E-state index contributed by atoms with van der Waals surface area (Å²) in [7, 11) is 0. The predicted octanol–water partition coefficient (Wildman–Crippen LogP) is 2.72. The van der Waals surface area contributed by atoms with Gasteiger partial charge in [0.2, 0.25) is 11.8 Å². The van der Waals surface area contributed by atoms with Gasteiger partial charge < -0.3 is 16.0 Å². The van der Waals surface area contributed by atoms with E-state index >= 15 is 0 Å². The van der Waals surface area contributed by atoms with Gasteiger partial charge in [0.05, 0.1) is 23.2 Å². The van der Waals surface area contributed by atoms with E-state index in [9.17, 15) is 9.59 Å². The van der Waals surface area contributed by atoms with Crippen molar-refractivity contribution in [2.24, 2.45) is 0 Å². The lowest BCUT2D eigenvalue weighted by Gasteiger charge is -2.40. The molecule has 1 heterocycles. The molecule has 1 aliphatic carbocycles. The Hall–Kier alpha value is -1.30. The fourth-order valence-corrected chi connectivity index (χ4v) is 3.71. The maximum Gasteiger partial charge on any atom is 0.237 e. The van der Waals surface area contributed by atoms with E-state index in [1.807, 2.05) is 0 Å². The van der Waals surface area contributed by atoms with Crippen LogP contribution in [0.2, 0.25) is 10.0 Å². The van der Waals surface area contributed by atoms with Crippen LogP contribution in [0.4, 0.5) is 5.69 Å². The molecule has 1 aromatic carbocycles. The van der Waals surface area contributed by atoms with Crippen LogP contribution < -0.4 is 16.0 Å². The van der Waals surface area contributed by atoms with Crippen molar-refractivity contribution < 1.29 is 9.59 Å². The van der Waals surface area contributed by atoms with Crippen LogP contribution in [0.15, 0.2) is 18.2 Å². The lowest BCUT2D eigenvalue weighted by Crippen LogP contribution is -2.65. The van der Waals surface area contributed by atoms with Crippen LogP contribution in [0.1, 0.15) is 32.1 Å². The summed E-state index contributed by atoms with van der Waals surface area (Å²) in [5.74, 6) is -0.360. The van der Waals surface area contributed by atoms with E-state index in [-0.39, 0.29) is 30.3 Å². The van der Waals surface area contributed by atoms with Gasteiger partial charge in [-0.2, -0.15) is 0 Å². The number of halogens is 2. The van der Waals surface area contributed by atoms with Crippen LogP contribution in [0.3, 0.4) is 0 Å². The van der Waals surface area contributed by atoms with Gasteiger partial charge in [0, 0.05) is 17.1 Å². The molecule has 0 radical (unpaired) electrons. The van der Waals surface area contributed by atoms with Gasteiger partial charge >= 0.3 is 0 Å². The van der Waals surface area contributed by atoms with Crippen molar-refractivity contribution in [2.45, 2.75) is 50.2 Å². The Morgan fingerprint density at radius 3 is 2.70 bits per heavy atom. The van der Waals surface area contributed by atoms with Crippen molar-refractivity contribution in [1.29, 1.82) is 0 Å². The molecule has 124 valence electrons. The Kier molecular flexibility index (Phi) is 5.09. The van der Waals surface area contributed by atoms with Crippen LogP contribution in [0.5, 0.6) is 0 Å². The molecule has 0 spiro atoms. The van der Waals surface area contributed by atoms with Crippen LogP contribution in [-0.2, 0) is 9.59 Å². The highest BCUT2D eigenvalue weighted by atomic mass is 35.5. The Morgan fingerprint density at radius 1 is 1.22 bits per heavy atom. The molecule has 0 unspecified atom stereocenters. The van der Waals surface area contributed by atoms with Gasteiger partial charge in [-0.1, -0.05) is 36.0 Å². The molecular weight excluding hydrogens is 337 g/mol. The molecule has 2 aliphatic rings. The molecular formula is C16H19Cl2N3O2. The first-order chi connectivity index (χ1) is 11.0. The summed E-state index contributed by atoms with van der Waals surface area (Å²) in [6, 6.07) is 4.83. The largest absolute Gasteiger partial charge is 0.350 e. The van der Waals surface area contributed by atoms with Gasteiger partial charge in [-0.15, -0.1) is 0 Å². The Labute approximate surface area is 145 Å². The molecule has 5 nitrogen and oxygen atoms in total. The fraction of sp³-hybridized carbons (Fsp3) is 0.500. The number of hydrogen-bond acceptors (Lipinski definition) is 3. The summed E-state index contributed by atoms with van der Waals surface area (Å²) >= 11 is 11.9. The van der Waals surface area contributed by atoms with Crippen molar-refractivity contribution in [3.05, 3.63) is 28.2 Å². The van der Waals surface area contributed by atoms with Crippen molar-refractivity contribution in [3.63, 3.8) is 0 Å². The summed E-state index contributed by atoms with van der Waals surface area (Å²) in [4.78, 5) is 24.4. The molecule has 1 saturated carbocycles. The third kappa shape index (κ3) is 3.97. The lowest BCUT2D eigenvalue weighted by atomic mass is 9.87. The van der Waals surface area contributed by atoms with Crippen LogP contribution in [0.25, 0.3) is 0 Å². The minimum Gasteiger partial charge on any atom is -0.350 e. The molecule has 23 heavy (non-hydrogen) atoms. The van der Waals surface area contributed by atoms with Crippen LogP contribution >= 0.6 is 23.2 Å². The molecule has 1 saturated heterocycles. The van der Waals surface area contributed by atoms with Crippen molar-refractivity contribution in [1.82, 2.24) is 10.6 Å². The van der Waals surface area contributed by atoms with E-state index in [0.29, 0.717) is 15.7 Å². The second kappa shape index (κ2) is 7.07. The number of carbonyl (C=O) groups is 2. The third-order valence-electron chi connectivity index (χ3n) is 4.42. The molecule has 0 bridgehead atoms. The number of anilines is 1. The van der Waals surface area contributed by atoms with Gasteiger partial charge in [0.25, 0.3) is 0 Å². The standard InChI is InChI=1S/C16H19Cl2N3O2/c17-9-5-6-11(10(18)7-9)20-15(22)8-14-16(23)21-13-4-2-1-3-12(13)19-14/h5-7,12-14,19H,1-4,8H2,(H,20,22)(H,21,23)/t12-,13-,14-/m0/s1. The van der Waals surface area contributed by atoms with Gasteiger partial charge in [0.15, 0.2) is 0 Å². The van der Waals surface area contributed by atoms with Crippen molar-refractivity contribution in [3.8, 4) is 0 Å². The predicted molar refractivity (Wildman–Crippen MR) is 90.8 cm³/mol. The highest BCUT2D eigenvalue weighted by molar-refractivity contribution is 6.36. The van der Waals surface area contributed by atoms with E-state index in [4.69, 9.17) is 23.2 Å². The molecule has 7 heteroatoms. The first kappa shape index (κ1) is 16.6. The lowest BCUT2D eigenvalue weighted by molar-refractivity contribution is -0.129. The zero-order valence-corrected chi connectivity index (χ0v) is 14.1. The minimum atomic E-state index is -0.500. The Morgan fingerprint density at radius 2 is 1.96 bits per heavy atom. The molecule has 3 rings (SSSR count). The van der Waals surface area contributed by atoms with E-state index in [1.165, 1.54) is 0 Å². The smallest absolute Gasteiger partial charge is 0.237 e. The zero-order chi connectivity index (χ0) is 16.4. The number of fused-ring (bicyclic) bond motifs is 1. The summed E-state index contributed by atoms with van der Waals surface area (Å²) in [6.07, 6.45) is 4.41. The summed E-state index contributed by atoms with van der Waals surface area (Å²) in [6.45, 7) is 0. The molecule has 1 aromatic rings. The highest BCUT2D eigenvalue weighted by Gasteiger charge is 2.36. The number of amides is 2. The maximum absolute atomic E-state index is 12.2. The number of hydrogen-bond donors (Lipinski definition) is 3. The normalized spacial score (nSPS) is 27.0. The highest BCUT2D eigenvalue weighted by Crippen LogP contribution is 2.26. The minimum absolute atomic E-state index is 0.0774. The summed E-state index contributed by atoms with van der Waals surface area (Å²) < 4.78 is 0. The van der Waals surface area contributed by atoms with Gasteiger partial charge in [0.1, 0.15) is 0 Å². The number of carbonyl (C=O) groups excluding carboxylic acids is 2. The van der Waals surface area contributed by atoms with Gasteiger partial charge in [-0.25, -0.2) is 0 Å². The maximum atomic E-state index is 12.2. The number of piperazine rings is 1. The molecule has 0 aromatic heterocycles. The van der Waals surface area contributed by atoms with Crippen molar-refractivity contribution >= 4 is 40.7 Å². The topological polar surface area (TPSA) is 70.2 Å². The Balaban J connectivity index is 1.59. The third-order valence-corrected chi connectivity index (χ3v) is 4.97. The molecule has 3 N–H and O–H groups in total. The van der Waals surface area contributed by atoms with E-state index in [0.717, 1.165) is 25.7 Å². The molecule has 2 fully saturated rings. The molecule has 2 amide bonds. The summed E-state index contributed by atoms with van der Waals surface area (Å²) in [5.41, 5.74) is 0.493. The first-order valence-corrected chi connectivity index (χ1v) is 8.60. The average molecular weight is 356 g/mol. The monoisotopic (exact) mass is 355 g/mol. The molecule has 3 atom stereocenters. The van der Waals surface area contributed by atoms with E-state index in [1.54, 1.807) is 18.2 Å². The zero-order valence-electron chi connectivity index (χ0n) is 12.6. The Bertz CT molecular complexity index is 623. The average Bonchev–Trinajstić information content (AvgIpc) is 2.51. The van der Waals surface area contributed by atoms with Crippen LogP contribution in [0, 0.1) is 0 Å². The van der Waals surface area contributed by atoms with Gasteiger partial charge in [-0.3, -0.25) is 9.59 Å². The number of nitrogens with one attached hydrogen (secondary N) is 3. The van der Waals surface area contributed by atoms with Gasteiger partial charge in [-0.05, 0) is 31.0 Å². The van der Waals surface area contributed by atoms with E-state index in [2.05, 4.69) is 16.0 Å². The molecule has 1 aliphatic heterocycles. The quantitative estimate of drug-likeness (QED) is 0.780. The second-order valence-corrected chi connectivity index (χ2v) is 6.95. The second-order valence-electron chi connectivity index (χ2n) is 6.10. The number of benzene rings is 1. The first-order valence-electron chi connectivity index (χ1n) is 7.84.